The lowest BCUT2D eigenvalue weighted by atomic mass is 9.70. The lowest BCUT2D eigenvalue weighted by Crippen LogP contribution is -2.49. The second-order valence-electron chi connectivity index (χ2n) is 7.98. The molecule has 0 aromatic carbocycles. The van der Waals surface area contributed by atoms with Gasteiger partial charge in [-0.1, -0.05) is 33.6 Å². The number of rotatable bonds is 7. The number of nitrogens with one attached hydrogen (secondary N) is 1. The van der Waals surface area contributed by atoms with E-state index in [1.54, 1.807) is 12.1 Å². The summed E-state index contributed by atoms with van der Waals surface area (Å²) >= 11 is 0. The van der Waals surface area contributed by atoms with E-state index in [1.165, 1.54) is 0 Å². The van der Waals surface area contributed by atoms with Crippen molar-refractivity contribution in [2.75, 3.05) is 34.2 Å². The van der Waals surface area contributed by atoms with Gasteiger partial charge in [-0.15, -0.1) is 0 Å². The van der Waals surface area contributed by atoms with Gasteiger partial charge >= 0.3 is 0 Å². The first-order chi connectivity index (χ1) is 10.7. The molecule has 134 valence electrons. The maximum Gasteiger partial charge on any atom is 0.240 e. The minimum absolute atomic E-state index is 0.0913. The van der Waals surface area contributed by atoms with Crippen LogP contribution in [-0.2, 0) is 9.59 Å². The molecule has 0 radical (unpaired) electrons. The number of ketones is 1. The van der Waals surface area contributed by atoms with Crippen molar-refractivity contribution in [2.45, 2.75) is 52.9 Å². The maximum absolute atomic E-state index is 12.9. The van der Waals surface area contributed by atoms with Crippen LogP contribution in [0.25, 0.3) is 0 Å². The minimum Gasteiger partial charge on any atom is -0.309 e. The van der Waals surface area contributed by atoms with Crippen molar-refractivity contribution in [3.8, 4) is 0 Å². The standard InChI is InChI=1S/C18H35N3O2/c1-18(2,3)16(22)14-10-7-8-11-15(14)17(23)21(19-4)13-9-12-20(5)6/h14-15,19H,7-13H2,1-6H3. The Hall–Kier alpha value is -0.940. The van der Waals surface area contributed by atoms with E-state index in [1.807, 2.05) is 34.9 Å². The van der Waals surface area contributed by atoms with E-state index in [0.717, 1.165) is 38.6 Å². The van der Waals surface area contributed by atoms with Gasteiger partial charge in [0.05, 0.1) is 0 Å². The first-order valence-corrected chi connectivity index (χ1v) is 8.86. The van der Waals surface area contributed by atoms with E-state index < -0.39 is 0 Å². The van der Waals surface area contributed by atoms with Crippen LogP contribution in [0.5, 0.6) is 0 Å². The summed E-state index contributed by atoms with van der Waals surface area (Å²) in [4.78, 5) is 27.8. The minimum atomic E-state index is -0.379. The van der Waals surface area contributed by atoms with Gasteiger partial charge in [0.25, 0.3) is 0 Å². The number of hydrazine groups is 1. The molecule has 5 heteroatoms. The molecular weight excluding hydrogens is 290 g/mol. The fourth-order valence-electron chi connectivity index (χ4n) is 3.37. The zero-order chi connectivity index (χ0) is 17.6. The Morgan fingerprint density at radius 1 is 1.04 bits per heavy atom. The Bertz CT molecular complexity index is 402. The van der Waals surface area contributed by atoms with Gasteiger partial charge in [0.2, 0.25) is 5.91 Å². The van der Waals surface area contributed by atoms with Gasteiger partial charge in [-0.3, -0.25) is 14.6 Å². The Morgan fingerprint density at radius 2 is 1.61 bits per heavy atom. The molecule has 0 aromatic heterocycles. The highest BCUT2D eigenvalue weighted by atomic mass is 16.2. The molecule has 1 fully saturated rings. The second-order valence-corrected chi connectivity index (χ2v) is 7.98. The number of hydrogen-bond donors (Lipinski definition) is 1. The van der Waals surface area contributed by atoms with Gasteiger partial charge in [0.15, 0.2) is 0 Å². The lowest BCUT2D eigenvalue weighted by Gasteiger charge is -2.36. The molecule has 1 amide bonds. The maximum atomic E-state index is 12.9. The van der Waals surface area contributed by atoms with Crippen molar-refractivity contribution in [3.63, 3.8) is 0 Å². The number of amides is 1. The molecule has 0 aliphatic heterocycles. The highest BCUT2D eigenvalue weighted by Gasteiger charge is 2.41. The Morgan fingerprint density at radius 3 is 2.09 bits per heavy atom. The van der Waals surface area contributed by atoms with E-state index in [0.29, 0.717) is 6.54 Å². The van der Waals surface area contributed by atoms with Gasteiger partial charge in [0.1, 0.15) is 5.78 Å². The molecule has 0 aromatic rings. The summed E-state index contributed by atoms with van der Waals surface area (Å²) in [6, 6.07) is 0. The predicted octanol–water partition coefficient (Wildman–Crippen LogP) is 2.32. The highest BCUT2D eigenvalue weighted by Crippen LogP contribution is 2.36. The molecule has 0 heterocycles. The molecule has 0 bridgehead atoms. The third-order valence-corrected chi connectivity index (χ3v) is 4.68. The fraction of sp³-hybridized carbons (Fsp3) is 0.889. The SMILES string of the molecule is CNN(CCCN(C)C)C(=O)C1CCCCC1C(=O)C(C)(C)C. The fourth-order valence-corrected chi connectivity index (χ4v) is 3.37. The number of Topliss-reactive ketones (excluding diaryl/α,β-unsaturated/α-hetero) is 1. The molecule has 5 nitrogen and oxygen atoms in total. The molecule has 23 heavy (non-hydrogen) atoms. The number of hydrogen-bond acceptors (Lipinski definition) is 4. The smallest absolute Gasteiger partial charge is 0.240 e. The zero-order valence-corrected chi connectivity index (χ0v) is 15.8. The van der Waals surface area contributed by atoms with Crippen molar-refractivity contribution >= 4 is 11.7 Å². The van der Waals surface area contributed by atoms with Gasteiger partial charge in [0, 0.05) is 30.8 Å². The summed E-state index contributed by atoms with van der Waals surface area (Å²) in [5.41, 5.74) is 2.65. The van der Waals surface area contributed by atoms with Crippen molar-refractivity contribution in [2.24, 2.45) is 17.3 Å². The van der Waals surface area contributed by atoms with Crippen LogP contribution in [0.3, 0.4) is 0 Å². The average molecular weight is 325 g/mol. The summed E-state index contributed by atoms with van der Waals surface area (Å²) < 4.78 is 0. The van der Waals surface area contributed by atoms with E-state index in [2.05, 4.69) is 10.3 Å². The Kier molecular flexibility index (Phi) is 7.68. The first kappa shape index (κ1) is 20.1. The highest BCUT2D eigenvalue weighted by molar-refractivity contribution is 5.91. The van der Waals surface area contributed by atoms with Gasteiger partial charge in [-0.25, -0.2) is 5.43 Å². The number of carbonyl (C=O) groups is 2. The summed E-state index contributed by atoms with van der Waals surface area (Å²) in [5.74, 6) is 0.0386. The normalized spacial score (nSPS) is 22.2. The van der Waals surface area contributed by atoms with Crippen LogP contribution in [0.4, 0.5) is 0 Å². The van der Waals surface area contributed by atoms with Crippen LogP contribution in [0.15, 0.2) is 0 Å². The largest absolute Gasteiger partial charge is 0.309 e. The molecule has 1 saturated carbocycles. The van der Waals surface area contributed by atoms with Crippen molar-refractivity contribution in [3.05, 3.63) is 0 Å². The third kappa shape index (κ3) is 5.88. The first-order valence-electron chi connectivity index (χ1n) is 8.86. The van der Waals surface area contributed by atoms with Crippen molar-refractivity contribution in [1.29, 1.82) is 0 Å². The molecule has 1 aliphatic carbocycles. The van der Waals surface area contributed by atoms with Crippen molar-refractivity contribution < 1.29 is 9.59 Å². The topological polar surface area (TPSA) is 52.6 Å². The van der Waals surface area contributed by atoms with E-state index in [4.69, 9.17) is 0 Å². The summed E-state index contributed by atoms with van der Waals surface area (Å²) in [7, 11) is 5.85. The van der Waals surface area contributed by atoms with Gasteiger partial charge < -0.3 is 4.90 Å². The molecule has 1 N–H and O–H groups in total. The summed E-state index contributed by atoms with van der Waals surface area (Å²) in [5, 5.41) is 1.71. The molecular formula is C18H35N3O2. The van der Waals surface area contributed by atoms with Crippen LogP contribution < -0.4 is 5.43 Å². The zero-order valence-electron chi connectivity index (χ0n) is 15.8. The number of nitrogens with zero attached hydrogens (tertiary/aromatic N) is 2. The van der Waals surface area contributed by atoms with Crippen LogP contribution in [0, 0.1) is 17.3 Å². The molecule has 0 spiro atoms. The lowest BCUT2D eigenvalue weighted by molar-refractivity contribution is -0.147. The van der Waals surface area contributed by atoms with E-state index >= 15 is 0 Å². The summed E-state index contributed by atoms with van der Waals surface area (Å²) in [6.45, 7) is 7.50. The average Bonchev–Trinajstić information content (AvgIpc) is 2.49. The number of carbonyl (C=O) groups excluding carboxylic acids is 2. The van der Waals surface area contributed by atoms with Crippen LogP contribution in [0.2, 0.25) is 0 Å². The van der Waals surface area contributed by atoms with Gasteiger partial charge in [-0.2, -0.15) is 0 Å². The molecule has 1 aliphatic rings. The third-order valence-electron chi connectivity index (χ3n) is 4.68. The van der Waals surface area contributed by atoms with Crippen LogP contribution in [0.1, 0.15) is 52.9 Å². The molecule has 0 saturated heterocycles. The van der Waals surface area contributed by atoms with E-state index in [9.17, 15) is 9.59 Å². The van der Waals surface area contributed by atoms with Crippen LogP contribution >= 0.6 is 0 Å². The molecule has 1 rings (SSSR count). The molecule has 2 unspecified atom stereocenters. The molecule has 2 atom stereocenters. The van der Waals surface area contributed by atoms with E-state index in [-0.39, 0.29) is 28.9 Å². The van der Waals surface area contributed by atoms with Gasteiger partial charge in [-0.05, 0) is 39.9 Å². The predicted molar refractivity (Wildman–Crippen MR) is 93.9 cm³/mol. The van der Waals surface area contributed by atoms with Crippen molar-refractivity contribution in [1.82, 2.24) is 15.3 Å². The monoisotopic (exact) mass is 325 g/mol. The summed E-state index contributed by atoms with van der Waals surface area (Å²) in [6.07, 6.45) is 4.69. The Balaban J connectivity index is 2.77. The van der Waals surface area contributed by atoms with Crippen LogP contribution in [-0.4, -0.2) is 55.8 Å². The Labute approximate surface area is 141 Å². The quantitative estimate of drug-likeness (QED) is 0.730. The second kappa shape index (κ2) is 8.78.